The third-order valence-corrected chi connectivity index (χ3v) is 3.96. The summed E-state index contributed by atoms with van der Waals surface area (Å²) in [6.45, 7) is 1.81. The van der Waals surface area contributed by atoms with Crippen molar-refractivity contribution in [3.8, 4) is 0 Å². The first-order valence-electron chi connectivity index (χ1n) is 7.47. The molecule has 0 spiro atoms. The Morgan fingerprint density at radius 2 is 2.12 bits per heavy atom. The molecule has 0 radical (unpaired) electrons. The highest BCUT2D eigenvalue weighted by Gasteiger charge is 2.17. The number of nitrogens with one attached hydrogen (secondary N) is 2. The lowest BCUT2D eigenvalue weighted by Crippen LogP contribution is -2.23. The monoisotopic (exact) mass is 322 g/mol. The van der Waals surface area contributed by atoms with Crippen LogP contribution in [0.1, 0.15) is 13.0 Å². The van der Waals surface area contributed by atoms with Gasteiger partial charge in [-0.3, -0.25) is 9.78 Å². The number of hydrogen-bond acceptors (Lipinski definition) is 4. The van der Waals surface area contributed by atoms with Crippen LogP contribution in [0.25, 0.3) is 22.1 Å². The van der Waals surface area contributed by atoms with Crippen molar-refractivity contribution in [3.63, 3.8) is 0 Å². The average molecular weight is 322 g/mol. The van der Waals surface area contributed by atoms with E-state index in [1.807, 2.05) is 35.8 Å². The molecule has 120 valence electrons. The van der Waals surface area contributed by atoms with Crippen molar-refractivity contribution in [1.29, 1.82) is 0 Å². The zero-order chi connectivity index (χ0) is 16.7. The van der Waals surface area contributed by atoms with Crippen LogP contribution < -0.4 is 11.1 Å². The summed E-state index contributed by atoms with van der Waals surface area (Å²) < 4.78 is 6.77. The Hall–Kier alpha value is -3.35. The first-order chi connectivity index (χ1) is 11.6. The van der Waals surface area contributed by atoms with Gasteiger partial charge in [0.05, 0.1) is 22.9 Å². The first-order valence-corrected chi connectivity index (χ1v) is 7.47. The number of aromatic amines is 1. The molecule has 0 fully saturated rings. The molecule has 1 amide bonds. The first kappa shape index (κ1) is 14.3. The third-order valence-electron chi connectivity index (χ3n) is 3.96. The number of rotatable bonds is 3. The second-order valence-corrected chi connectivity index (χ2v) is 5.53. The Bertz CT molecular complexity index is 1110. The highest BCUT2D eigenvalue weighted by Crippen LogP contribution is 2.20. The standard InChI is InChI=1S/C17H14N4O3/c1-10(21-9-18-12-4-2-3-5-14(12)21)16(22)19-11-6-7-15-13(8-11)20-17(23)24-15/h2-10H,1H3,(H,19,22)(H,20,23)/t10-/m0/s1. The molecule has 2 aromatic carbocycles. The molecular weight excluding hydrogens is 308 g/mol. The molecule has 0 aliphatic heterocycles. The molecule has 2 N–H and O–H groups in total. The van der Waals surface area contributed by atoms with Gasteiger partial charge in [-0.25, -0.2) is 9.78 Å². The summed E-state index contributed by atoms with van der Waals surface area (Å²) in [7, 11) is 0. The molecule has 1 atom stereocenters. The molecular formula is C17H14N4O3. The number of amides is 1. The van der Waals surface area contributed by atoms with Crippen molar-refractivity contribution in [2.45, 2.75) is 13.0 Å². The van der Waals surface area contributed by atoms with Crippen LogP contribution >= 0.6 is 0 Å². The van der Waals surface area contributed by atoms with E-state index in [9.17, 15) is 9.59 Å². The number of hydrogen-bond donors (Lipinski definition) is 2. The fourth-order valence-corrected chi connectivity index (χ4v) is 2.69. The van der Waals surface area contributed by atoms with Crippen LogP contribution in [0.2, 0.25) is 0 Å². The van der Waals surface area contributed by atoms with Gasteiger partial charge in [0.25, 0.3) is 0 Å². The second kappa shape index (κ2) is 5.38. The fourth-order valence-electron chi connectivity index (χ4n) is 2.69. The van der Waals surface area contributed by atoms with Crippen LogP contribution in [0.15, 0.2) is 58.0 Å². The lowest BCUT2D eigenvalue weighted by molar-refractivity contribution is -0.118. The van der Waals surface area contributed by atoms with Crippen LogP contribution in [0.5, 0.6) is 0 Å². The number of oxazole rings is 1. The van der Waals surface area contributed by atoms with Gasteiger partial charge in [0.1, 0.15) is 6.04 Å². The zero-order valence-electron chi connectivity index (χ0n) is 12.8. The van der Waals surface area contributed by atoms with Crippen LogP contribution in [-0.4, -0.2) is 20.4 Å². The molecule has 0 saturated carbocycles. The van der Waals surface area contributed by atoms with E-state index >= 15 is 0 Å². The molecule has 7 nitrogen and oxygen atoms in total. The van der Waals surface area contributed by atoms with Gasteiger partial charge in [-0.2, -0.15) is 0 Å². The number of anilines is 1. The number of imidazole rings is 1. The van der Waals surface area contributed by atoms with Gasteiger partial charge in [0, 0.05) is 5.69 Å². The summed E-state index contributed by atoms with van der Waals surface area (Å²) in [4.78, 5) is 30.6. The SMILES string of the molecule is C[C@@H](C(=O)Nc1ccc2oc(=O)[nH]c2c1)n1cnc2ccccc21. The number of carbonyl (C=O) groups excluding carboxylic acids is 1. The van der Waals surface area contributed by atoms with Crippen LogP contribution in [-0.2, 0) is 4.79 Å². The Labute approximate surface area is 135 Å². The van der Waals surface area contributed by atoms with E-state index in [4.69, 9.17) is 4.42 Å². The van der Waals surface area contributed by atoms with Gasteiger partial charge in [-0.1, -0.05) is 12.1 Å². The van der Waals surface area contributed by atoms with Crippen LogP contribution in [0, 0.1) is 0 Å². The van der Waals surface area contributed by atoms with Crippen LogP contribution in [0.4, 0.5) is 5.69 Å². The summed E-state index contributed by atoms with van der Waals surface area (Å²) in [5, 5.41) is 2.84. The molecule has 4 aromatic rings. The number of para-hydroxylation sites is 2. The molecule has 0 saturated heterocycles. The molecule has 0 aliphatic carbocycles. The predicted octanol–water partition coefficient (Wildman–Crippen LogP) is 2.67. The van der Waals surface area contributed by atoms with E-state index in [1.165, 1.54) is 0 Å². The largest absolute Gasteiger partial charge is 0.417 e. The number of aromatic nitrogens is 3. The minimum atomic E-state index is -0.522. The smallest absolute Gasteiger partial charge is 0.408 e. The molecule has 2 aromatic heterocycles. The summed E-state index contributed by atoms with van der Waals surface area (Å²) >= 11 is 0. The highest BCUT2D eigenvalue weighted by molar-refractivity contribution is 5.96. The molecule has 7 heteroatoms. The number of H-pyrrole nitrogens is 1. The summed E-state index contributed by atoms with van der Waals surface area (Å²) in [5.74, 6) is -0.699. The van der Waals surface area contributed by atoms with Crippen molar-refractivity contribution < 1.29 is 9.21 Å². The molecule has 24 heavy (non-hydrogen) atoms. The van der Waals surface area contributed by atoms with Gasteiger partial charge in [0.2, 0.25) is 5.91 Å². The van der Waals surface area contributed by atoms with E-state index in [2.05, 4.69) is 15.3 Å². The number of benzene rings is 2. The van der Waals surface area contributed by atoms with E-state index in [0.717, 1.165) is 11.0 Å². The quantitative estimate of drug-likeness (QED) is 0.606. The number of fused-ring (bicyclic) bond motifs is 2. The van der Waals surface area contributed by atoms with Crippen molar-refractivity contribution >= 4 is 33.7 Å². The third kappa shape index (κ3) is 2.36. The Morgan fingerprint density at radius 1 is 1.29 bits per heavy atom. The topological polar surface area (TPSA) is 92.9 Å². The molecule has 4 rings (SSSR count). The molecule has 0 aliphatic rings. The summed E-state index contributed by atoms with van der Waals surface area (Å²) in [5.41, 5.74) is 3.32. The predicted molar refractivity (Wildman–Crippen MR) is 89.9 cm³/mol. The highest BCUT2D eigenvalue weighted by atomic mass is 16.4. The Balaban J connectivity index is 1.61. The van der Waals surface area contributed by atoms with E-state index in [1.54, 1.807) is 24.5 Å². The van der Waals surface area contributed by atoms with Crippen molar-refractivity contribution in [2.75, 3.05) is 5.32 Å². The molecule has 2 heterocycles. The lowest BCUT2D eigenvalue weighted by atomic mass is 10.2. The van der Waals surface area contributed by atoms with E-state index in [0.29, 0.717) is 16.8 Å². The summed E-state index contributed by atoms with van der Waals surface area (Å²) in [6.07, 6.45) is 1.66. The summed E-state index contributed by atoms with van der Waals surface area (Å²) in [6, 6.07) is 12.2. The molecule has 0 bridgehead atoms. The zero-order valence-corrected chi connectivity index (χ0v) is 12.8. The van der Waals surface area contributed by atoms with Crippen molar-refractivity contribution in [3.05, 3.63) is 59.3 Å². The average Bonchev–Trinajstić information content (AvgIpc) is 3.16. The second-order valence-electron chi connectivity index (χ2n) is 5.53. The maximum Gasteiger partial charge on any atom is 0.417 e. The minimum absolute atomic E-state index is 0.177. The number of nitrogens with zero attached hydrogens (tertiary/aromatic N) is 2. The van der Waals surface area contributed by atoms with E-state index < -0.39 is 11.8 Å². The van der Waals surface area contributed by atoms with Crippen LogP contribution in [0.3, 0.4) is 0 Å². The van der Waals surface area contributed by atoms with Gasteiger partial charge in [-0.15, -0.1) is 0 Å². The fraction of sp³-hybridized carbons (Fsp3) is 0.118. The Morgan fingerprint density at radius 3 is 3.00 bits per heavy atom. The normalized spacial score (nSPS) is 12.5. The lowest BCUT2D eigenvalue weighted by Gasteiger charge is -2.14. The van der Waals surface area contributed by atoms with Gasteiger partial charge in [-0.05, 0) is 37.3 Å². The van der Waals surface area contributed by atoms with Gasteiger partial charge < -0.3 is 14.3 Å². The minimum Gasteiger partial charge on any atom is -0.408 e. The van der Waals surface area contributed by atoms with Gasteiger partial charge >= 0.3 is 5.76 Å². The van der Waals surface area contributed by atoms with Crippen molar-refractivity contribution in [1.82, 2.24) is 14.5 Å². The van der Waals surface area contributed by atoms with E-state index in [-0.39, 0.29) is 5.91 Å². The molecule has 0 unspecified atom stereocenters. The maximum atomic E-state index is 12.5. The van der Waals surface area contributed by atoms with Crippen molar-refractivity contribution in [2.24, 2.45) is 0 Å². The number of carbonyl (C=O) groups is 1. The maximum absolute atomic E-state index is 12.5. The van der Waals surface area contributed by atoms with Gasteiger partial charge in [0.15, 0.2) is 5.58 Å². The Kier molecular flexibility index (Phi) is 3.19.